The maximum absolute atomic E-state index is 10.6. The van der Waals surface area contributed by atoms with E-state index in [2.05, 4.69) is 10.1 Å². The average molecular weight is 293 g/mol. The third kappa shape index (κ3) is 3.06. The number of rotatable bonds is 4. The predicted molar refractivity (Wildman–Crippen MR) is 81.8 cm³/mol. The van der Waals surface area contributed by atoms with Gasteiger partial charge in [0, 0.05) is 23.8 Å². The number of nitro groups is 1. The number of benzene rings is 2. The molecule has 22 heavy (non-hydrogen) atoms. The molecule has 0 amide bonds. The Morgan fingerprint density at radius 2 is 1.73 bits per heavy atom. The molecule has 0 saturated heterocycles. The Labute approximate surface area is 125 Å². The van der Waals surface area contributed by atoms with E-state index in [1.54, 1.807) is 18.2 Å². The maximum Gasteiger partial charge on any atom is 0.269 e. The molecule has 1 aromatic heterocycles. The Kier molecular flexibility index (Phi) is 3.74. The third-order valence-corrected chi connectivity index (χ3v) is 3.00. The van der Waals surface area contributed by atoms with Crippen LogP contribution in [0.4, 0.5) is 5.69 Å². The molecule has 0 radical (unpaired) electrons. The van der Waals surface area contributed by atoms with Gasteiger partial charge < -0.3 is 4.52 Å². The first kappa shape index (κ1) is 13.7. The van der Waals surface area contributed by atoms with Crippen LogP contribution >= 0.6 is 0 Å². The van der Waals surface area contributed by atoms with E-state index < -0.39 is 4.92 Å². The first-order chi connectivity index (χ1) is 10.7. The van der Waals surface area contributed by atoms with Crippen molar-refractivity contribution in [1.29, 1.82) is 0 Å². The lowest BCUT2D eigenvalue weighted by Gasteiger charge is -1.93. The average Bonchev–Trinajstić information content (AvgIpc) is 3.03. The van der Waals surface area contributed by atoms with Crippen LogP contribution in [0.3, 0.4) is 0 Å². The fourth-order valence-corrected chi connectivity index (χ4v) is 1.88. The molecule has 0 bridgehead atoms. The highest BCUT2D eigenvalue weighted by Gasteiger charge is 2.09. The van der Waals surface area contributed by atoms with E-state index in [-0.39, 0.29) is 5.69 Å². The first-order valence-corrected chi connectivity index (χ1v) is 6.54. The van der Waals surface area contributed by atoms with Gasteiger partial charge >= 0.3 is 0 Å². The number of aromatic nitrogens is 2. The smallest absolute Gasteiger partial charge is 0.269 e. The molecule has 0 aliphatic rings. The summed E-state index contributed by atoms with van der Waals surface area (Å²) in [6, 6.07) is 15.7. The van der Waals surface area contributed by atoms with Gasteiger partial charge in [-0.15, -0.1) is 0 Å². The molecule has 0 unspecified atom stereocenters. The largest absolute Gasteiger partial charge is 0.334 e. The molecule has 0 spiro atoms. The standard InChI is InChI=1S/C16H11N3O3/c20-19(21)14-9-7-13(8-10-14)16-17-15(22-18-16)11-6-12-4-2-1-3-5-12/h1-11H/b11-6+. The molecule has 108 valence electrons. The Bertz CT molecular complexity index is 808. The lowest BCUT2D eigenvalue weighted by molar-refractivity contribution is -0.384. The Hall–Kier alpha value is -3.28. The quantitative estimate of drug-likeness (QED) is 0.539. The molecule has 6 heteroatoms. The summed E-state index contributed by atoms with van der Waals surface area (Å²) in [5.41, 5.74) is 1.71. The van der Waals surface area contributed by atoms with Crippen molar-refractivity contribution in [3.05, 3.63) is 76.2 Å². The van der Waals surface area contributed by atoms with E-state index in [4.69, 9.17) is 4.52 Å². The minimum atomic E-state index is -0.450. The van der Waals surface area contributed by atoms with Crippen LogP contribution in [0.1, 0.15) is 11.5 Å². The Morgan fingerprint density at radius 1 is 1.00 bits per heavy atom. The molecular formula is C16H11N3O3. The van der Waals surface area contributed by atoms with Crippen LogP contribution in [-0.4, -0.2) is 15.1 Å². The lowest BCUT2D eigenvalue weighted by atomic mass is 10.2. The molecule has 1 heterocycles. The van der Waals surface area contributed by atoms with Crippen LogP contribution in [0, 0.1) is 10.1 Å². The molecule has 0 atom stereocenters. The van der Waals surface area contributed by atoms with Crippen LogP contribution in [-0.2, 0) is 0 Å². The molecule has 0 N–H and O–H groups in total. The Morgan fingerprint density at radius 3 is 2.41 bits per heavy atom. The van der Waals surface area contributed by atoms with Gasteiger partial charge in [0.2, 0.25) is 5.82 Å². The van der Waals surface area contributed by atoms with Crippen LogP contribution in [0.2, 0.25) is 0 Å². The summed E-state index contributed by atoms with van der Waals surface area (Å²) in [5, 5.41) is 14.5. The summed E-state index contributed by atoms with van der Waals surface area (Å²) in [6.45, 7) is 0. The van der Waals surface area contributed by atoms with E-state index in [0.29, 0.717) is 17.3 Å². The monoisotopic (exact) mass is 293 g/mol. The van der Waals surface area contributed by atoms with E-state index in [9.17, 15) is 10.1 Å². The number of nitrogens with zero attached hydrogens (tertiary/aromatic N) is 3. The highest BCUT2D eigenvalue weighted by molar-refractivity contribution is 5.67. The molecule has 3 aromatic rings. The fourth-order valence-electron chi connectivity index (χ4n) is 1.88. The third-order valence-electron chi connectivity index (χ3n) is 3.00. The van der Waals surface area contributed by atoms with Crippen molar-refractivity contribution in [2.45, 2.75) is 0 Å². The summed E-state index contributed by atoms with van der Waals surface area (Å²) >= 11 is 0. The molecule has 0 saturated carbocycles. The van der Waals surface area contributed by atoms with Crippen molar-refractivity contribution in [2.75, 3.05) is 0 Å². The molecule has 6 nitrogen and oxygen atoms in total. The summed E-state index contributed by atoms with van der Waals surface area (Å²) in [6.07, 6.45) is 3.59. The summed E-state index contributed by atoms with van der Waals surface area (Å²) in [7, 11) is 0. The highest BCUT2D eigenvalue weighted by Crippen LogP contribution is 2.20. The van der Waals surface area contributed by atoms with Crippen molar-refractivity contribution >= 4 is 17.8 Å². The maximum atomic E-state index is 10.6. The number of hydrogen-bond donors (Lipinski definition) is 0. The Balaban J connectivity index is 1.79. The first-order valence-electron chi connectivity index (χ1n) is 6.54. The predicted octanol–water partition coefficient (Wildman–Crippen LogP) is 3.82. The van der Waals surface area contributed by atoms with Crippen LogP contribution in [0.5, 0.6) is 0 Å². The van der Waals surface area contributed by atoms with E-state index in [0.717, 1.165) is 5.56 Å². The van der Waals surface area contributed by atoms with Crippen LogP contribution in [0.25, 0.3) is 23.5 Å². The van der Waals surface area contributed by atoms with Gasteiger partial charge in [0.15, 0.2) is 0 Å². The number of nitro benzene ring substituents is 1. The molecule has 0 aliphatic heterocycles. The van der Waals surface area contributed by atoms with Gasteiger partial charge in [0.25, 0.3) is 11.6 Å². The van der Waals surface area contributed by atoms with Gasteiger partial charge in [-0.3, -0.25) is 10.1 Å². The second-order valence-electron chi connectivity index (χ2n) is 4.50. The minimum absolute atomic E-state index is 0.0245. The van der Waals surface area contributed by atoms with Gasteiger partial charge in [0.1, 0.15) is 0 Å². The van der Waals surface area contributed by atoms with E-state index in [1.807, 2.05) is 36.4 Å². The zero-order chi connectivity index (χ0) is 15.4. The van der Waals surface area contributed by atoms with Crippen molar-refractivity contribution in [3.8, 4) is 11.4 Å². The van der Waals surface area contributed by atoms with Crippen molar-refractivity contribution in [2.24, 2.45) is 0 Å². The summed E-state index contributed by atoms with van der Waals surface area (Å²) < 4.78 is 5.14. The van der Waals surface area contributed by atoms with Crippen LogP contribution in [0.15, 0.2) is 59.1 Å². The zero-order valence-corrected chi connectivity index (χ0v) is 11.4. The molecule has 0 aliphatic carbocycles. The van der Waals surface area contributed by atoms with Crippen molar-refractivity contribution in [1.82, 2.24) is 10.1 Å². The molecular weight excluding hydrogens is 282 g/mol. The minimum Gasteiger partial charge on any atom is -0.334 e. The van der Waals surface area contributed by atoms with Gasteiger partial charge in [-0.2, -0.15) is 4.98 Å². The van der Waals surface area contributed by atoms with Gasteiger partial charge in [-0.25, -0.2) is 0 Å². The SMILES string of the molecule is O=[N+]([O-])c1ccc(-c2noc(/C=C/c3ccccc3)n2)cc1. The molecule has 3 rings (SSSR count). The topological polar surface area (TPSA) is 82.1 Å². The van der Waals surface area contributed by atoms with Crippen LogP contribution < -0.4 is 0 Å². The molecule has 0 fully saturated rings. The highest BCUT2D eigenvalue weighted by atomic mass is 16.6. The van der Waals surface area contributed by atoms with Gasteiger partial charge in [0.05, 0.1) is 4.92 Å². The van der Waals surface area contributed by atoms with E-state index >= 15 is 0 Å². The van der Waals surface area contributed by atoms with Crippen molar-refractivity contribution in [3.63, 3.8) is 0 Å². The van der Waals surface area contributed by atoms with Crippen molar-refractivity contribution < 1.29 is 9.45 Å². The zero-order valence-electron chi connectivity index (χ0n) is 11.4. The summed E-state index contributed by atoms with van der Waals surface area (Å²) in [4.78, 5) is 14.4. The second-order valence-corrected chi connectivity index (χ2v) is 4.50. The van der Waals surface area contributed by atoms with E-state index in [1.165, 1.54) is 12.1 Å². The number of non-ortho nitro benzene ring substituents is 1. The van der Waals surface area contributed by atoms with Gasteiger partial charge in [-0.05, 0) is 23.8 Å². The normalized spacial score (nSPS) is 10.9. The summed E-state index contributed by atoms with van der Waals surface area (Å²) in [5.74, 6) is 0.764. The number of hydrogen-bond acceptors (Lipinski definition) is 5. The lowest BCUT2D eigenvalue weighted by Crippen LogP contribution is -1.87. The van der Waals surface area contributed by atoms with Gasteiger partial charge in [-0.1, -0.05) is 35.5 Å². The fraction of sp³-hybridized carbons (Fsp3) is 0. The molecule has 2 aromatic carbocycles. The second kappa shape index (κ2) is 6.01.